The number of hydrogen-bond donors (Lipinski definition) is 2. The summed E-state index contributed by atoms with van der Waals surface area (Å²) < 4.78 is 27.9. The molecule has 0 bridgehead atoms. The lowest BCUT2D eigenvalue weighted by Crippen LogP contribution is -2.62. The second kappa shape index (κ2) is 8.44. The van der Waals surface area contributed by atoms with Crippen LogP contribution < -0.4 is 4.74 Å². The fraction of sp³-hybridized carbons (Fsp3) is 0.667. The minimum atomic E-state index is -1.17. The Balaban J connectivity index is 1.66. The lowest BCUT2D eigenvalue weighted by Gasteiger charge is -2.45. The van der Waals surface area contributed by atoms with Crippen molar-refractivity contribution in [2.75, 3.05) is 20.3 Å². The molecule has 7 nitrogen and oxygen atoms in total. The SMILES string of the molecule is CCCCOc1cccc(C2OC[C@H]3O[C@H](OC)[C@H](O)[C@@H](O)[C@@H]3O2)c1. The minimum absolute atomic E-state index is 0.236. The normalized spacial score (nSPS) is 35.2. The summed E-state index contributed by atoms with van der Waals surface area (Å²) in [7, 11) is 1.41. The fourth-order valence-electron chi connectivity index (χ4n) is 3.03. The second-order valence-corrected chi connectivity index (χ2v) is 6.30. The molecule has 0 radical (unpaired) electrons. The molecule has 7 heteroatoms. The zero-order valence-electron chi connectivity index (χ0n) is 14.5. The Bertz CT molecular complexity index is 550. The highest BCUT2D eigenvalue weighted by Crippen LogP contribution is 2.35. The highest BCUT2D eigenvalue weighted by molar-refractivity contribution is 5.29. The molecule has 2 fully saturated rings. The van der Waals surface area contributed by atoms with Gasteiger partial charge in [-0.2, -0.15) is 0 Å². The molecule has 0 amide bonds. The summed E-state index contributed by atoms with van der Waals surface area (Å²) in [4.78, 5) is 0. The lowest BCUT2D eigenvalue weighted by molar-refractivity contribution is -0.358. The van der Waals surface area contributed by atoms with Crippen LogP contribution in [0.4, 0.5) is 0 Å². The Kier molecular flexibility index (Phi) is 6.27. The Morgan fingerprint density at radius 3 is 2.80 bits per heavy atom. The van der Waals surface area contributed by atoms with E-state index >= 15 is 0 Å². The molecule has 1 aromatic rings. The third-order valence-electron chi connectivity index (χ3n) is 4.46. The van der Waals surface area contributed by atoms with E-state index in [-0.39, 0.29) is 6.61 Å². The molecular formula is C18H26O7. The van der Waals surface area contributed by atoms with Gasteiger partial charge in [0.05, 0.1) is 13.2 Å². The van der Waals surface area contributed by atoms with Crippen LogP contribution in [0, 0.1) is 0 Å². The van der Waals surface area contributed by atoms with Gasteiger partial charge in [-0.05, 0) is 18.6 Å². The largest absolute Gasteiger partial charge is 0.494 e. The third-order valence-corrected chi connectivity index (χ3v) is 4.46. The van der Waals surface area contributed by atoms with E-state index < -0.39 is 37.0 Å². The predicted octanol–water partition coefficient (Wildman–Crippen LogP) is 1.37. The van der Waals surface area contributed by atoms with Crippen molar-refractivity contribution in [1.29, 1.82) is 0 Å². The molecule has 2 aliphatic heterocycles. The van der Waals surface area contributed by atoms with Crippen molar-refractivity contribution in [3.8, 4) is 5.75 Å². The van der Waals surface area contributed by atoms with Crippen molar-refractivity contribution in [2.24, 2.45) is 0 Å². The van der Waals surface area contributed by atoms with E-state index in [0.29, 0.717) is 6.61 Å². The van der Waals surface area contributed by atoms with E-state index in [9.17, 15) is 10.2 Å². The van der Waals surface area contributed by atoms with Gasteiger partial charge in [0, 0.05) is 12.7 Å². The Labute approximate surface area is 147 Å². The Morgan fingerprint density at radius 1 is 1.20 bits per heavy atom. The van der Waals surface area contributed by atoms with Gasteiger partial charge in [0.1, 0.15) is 30.2 Å². The summed E-state index contributed by atoms with van der Waals surface area (Å²) in [5.74, 6) is 0.750. The maximum atomic E-state index is 10.3. The number of aliphatic hydroxyl groups is 2. The van der Waals surface area contributed by atoms with Crippen molar-refractivity contribution in [2.45, 2.75) is 56.8 Å². The van der Waals surface area contributed by atoms with Gasteiger partial charge < -0.3 is 33.9 Å². The molecule has 2 aliphatic rings. The fourth-order valence-corrected chi connectivity index (χ4v) is 3.03. The van der Waals surface area contributed by atoms with Crippen LogP contribution in [0.5, 0.6) is 5.75 Å². The van der Waals surface area contributed by atoms with Gasteiger partial charge in [-0.1, -0.05) is 25.5 Å². The molecular weight excluding hydrogens is 328 g/mol. The van der Waals surface area contributed by atoms with E-state index in [2.05, 4.69) is 6.92 Å². The molecule has 0 spiro atoms. The smallest absolute Gasteiger partial charge is 0.186 e. The molecule has 1 unspecified atom stereocenters. The summed E-state index contributed by atoms with van der Waals surface area (Å²) in [6.07, 6.45) is -2.95. The van der Waals surface area contributed by atoms with Crippen LogP contribution >= 0.6 is 0 Å². The third kappa shape index (κ3) is 4.13. The van der Waals surface area contributed by atoms with Crippen LogP contribution in [-0.4, -0.2) is 61.2 Å². The first-order chi connectivity index (χ1) is 12.1. The number of benzene rings is 1. The summed E-state index contributed by atoms with van der Waals surface area (Å²) in [6, 6.07) is 7.50. The molecule has 2 N–H and O–H groups in total. The highest BCUT2D eigenvalue weighted by atomic mass is 16.7. The standard InChI is InChI=1S/C18H26O7/c1-3-4-8-22-12-7-5-6-11(9-12)17-23-10-13-16(25-17)14(19)15(20)18(21-2)24-13/h5-7,9,13-20H,3-4,8,10H2,1-2H3/t13-,14-,15-,16-,17?,18+/m1/s1. The predicted molar refractivity (Wildman–Crippen MR) is 88.1 cm³/mol. The van der Waals surface area contributed by atoms with Gasteiger partial charge in [-0.3, -0.25) is 0 Å². The molecule has 25 heavy (non-hydrogen) atoms. The number of rotatable bonds is 6. The number of hydrogen-bond acceptors (Lipinski definition) is 7. The van der Waals surface area contributed by atoms with Crippen LogP contribution in [0.1, 0.15) is 31.6 Å². The van der Waals surface area contributed by atoms with Crippen molar-refractivity contribution < 1.29 is 33.9 Å². The van der Waals surface area contributed by atoms with Crippen molar-refractivity contribution >= 4 is 0 Å². The van der Waals surface area contributed by atoms with E-state index in [0.717, 1.165) is 24.2 Å². The van der Waals surface area contributed by atoms with Gasteiger partial charge in [0.15, 0.2) is 12.6 Å². The molecule has 140 valence electrons. The average Bonchev–Trinajstić information content (AvgIpc) is 2.65. The topological polar surface area (TPSA) is 86.6 Å². The van der Waals surface area contributed by atoms with Crippen LogP contribution in [0.25, 0.3) is 0 Å². The molecule has 0 saturated carbocycles. The number of aliphatic hydroxyl groups excluding tert-OH is 2. The van der Waals surface area contributed by atoms with Crippen molar-refractivity contribution in [3.05, 3.63) is 29.8 Å². The van der Waals surface area contributed by atoms with Gasteiger partial charge in [0.2, 0.25) is 0 Å². The zero-order valence-corrected chi connectivity index (χ0v) is 14.5. The van der Waals surface area contributed by atoms with E-state index in [1.54, 1.807) is 0 Å². The Hall–Kier alpha value is -1.22. The zero-order chi connectivity index (χ0) is 17.8. The molecule has 0 aromatic heterocycles. The first kappa shape index (κ1) is 18.6. The van der Waals surface area contributed by atoms with E-state index in [4.69, 9.17) is 23.7 Å². The monoisotopic (exact) mass is 354 g/mol. The van der Waals surface area contributed by atoms with Gasteiger partial charge >= 0.3 is 0 Å². The first-order valence-electron chi connectivity index (χ1n) is 8.68. The second-order valence-electron chi connectivity index (χ2n) is 6.30. The van der Waals surface area contributed by atoms with Crippen LogP contribution in [0.3, 0.4) is 0 Å². The summed E-state index contributed by atoms with van der Waals surface area (Å²) in [5, 5.41) is 20.4. The number of ether oxygens (including phenoxy) is 5. The van der Waals surface area contributed by atoms with Gasteiger partial charge in [-0.15, -0.1) is 0 Å². The van der Waals surface area contributed by atoms with Crippen molar-refractivity contribution in [3.63, 3.8) is 0 Å². The van der Waals surface area contributed by atoms with Crippen LogP contribution in [0.2, 0.25) is 0 Å². The Morgan fingerprint density at radius 2 is 2.04 bits per heavy atom. The first-order valence-corrected chi connectivity index (χ1v) is 8.68. The quantitative estimate of drug-likeness (QED) is 0.746. The maximum absolute atomic E-state index is 10.3. The summed E-state index contributed by atoms with van der Waals surface area (Å²) in [6.45, 7) is 3.01. The number of methoxy groups -OCH3 is 1. The van der Waals surface area contributed by atoms with E-state index in [1.165, 1.54) is 7.11 Å². The lowest BCUT2D eigenvalue weighted by atomic mass is 9.98. The highest BCUT2D eigenvalue weighted by Gasteiger charge is 2.49. The van der Waals surface area contributed by atoms with E-state index in [1.807, 2.05) is 24.3 Å². The molecule has 3 rings (SSSR count). The van der Waals surface area contributed by atoms with Crippen LogP contribution in [0.15, 0.2) is 24.3 Å². The van der Waals surface area contributed by atoms with Gasteiger partial charge in [-0.25, -0.2) is 0 Å². The van der Waals surface area contributed by atoms with Crippen molar-refractivity contribution in [1.82, 2.24) is 0 Å². The molecule has 6 atom stereocenters. The number of fused-ring (bicyclic) bond motifs is 1. The van der Waals surface area contributed by atoms with Gasteiger partial charge in [0.25, 0.3) is 0 Å². The minimum Gasteiger partial charge on any atom is -0.494 e. The molecule has 2 heterocycles. The number of unbranched alkanes of at least 4 members (excludes halogenated alkanes) is 1. The molecule has 0 aliphatic carbocycles. The van der Waals surface area contributed by atoms with Crippen LogP contribution in [-0.2, 0) is 18.9 Å². The average molecular weight is 354 g/mol. The maximum Gasteiger partial charge on any atom is 0.186 e. The molecule has 2 saturated heterocycles. The summed E-state index contributed by atoms with van der Waals surface area (Å²) in [5.41, 5.74) is 0.794. The molecule has 1 aromatic carbocycles. The summed E-state index contributed by atoms with van der Waals surface area (Å²) >= 11 is 0.